The average Bonchev–Trinajstić information content (AvgIpc) is 2.99. The van der Waals surface area contributed by atoms with Gasteiger partial charge in [0.05, 0.1) is 12.6 Å². The first-order valence-electron chi connectivity index (χ1n) is 18.6. The Bertz CT molecular complexity index is 683. The van der Waals surface area contributed by atoms with Crippen molar-refractivity contribution in [2.45, 2.75) is 200 Å². The van der Waals surface area contributed by atoms with Crippen LogP contribution >= 0.6 is 0 Å². The first-order valence-corrected chi connectivity index (χ1v) is 18.6. The molecule has 1 amide bonds. The van der Waals surface area contributed by atoms with Crippen LogP contribution in [0.15, 0.2) is 0 Å². The molecule has 1 N–H and O–H groups in total. The zero-order valence-corrected chi connectivity index (χ0v) is 29.4. The van der Waals surface area contributed by atoms with E-state index >= 15 is 0 Å². The van der Waals surface area contributed by atoms with Gasteiger partial charge in [-0.05, 0) is 26.2 Å². The summed E-state index contributed by atoms with van der Waals surface area (Å²) in [6.07, 6.45) is 26.6. The van der Waals surface area contributed by atoms with Crippen LogP contribution in [0.2, 0.25) is 0 Å². The van der Waals surface area contributed by atoms with Gasteiger partial charge in [-0.15, -0.1) is 0 Å². The average molecular weight is 626 g/mol. The van der Waals surface area contributed by atoms with Gasteiger partial charge in [0.15, 0.2) is 6.10 Å². The molecule has 0 aliphatic rings. The summed E-state index contributed by atoms with van der Waals surface area (Å²) in [6.45, 7) is 8.08. The molecule has 0 aromatic heterocycles. The van der Waals surface area contributed by atoms with Crippen molar-refractivity contribution in [1.82, 2.24) is 4.90 Å². The number of aliphatic hydroxyl groups excluding tert-OH is 1. The van der Waals surface area contributed by atoms with Crippen molar-refractivity contribution in [1.29, 1.82) is 0 Å². The molecule has 44 heavy (non-hydrogen) atoms. The smallest absolute Gasteiger partial charge is 0.306 e. The van der Waals surface area contributed by atoms with Crippen molar-refractivity contribution in [2.24, 2.45) is 0 Å². The minimum atomic E-state index is -0.714. The zero-order valence-electron chi connectivity index (χ0n) is 29.4. The predicted molar refractivity (Wildman–Crippen MR) is 182 cm³/mol. The molecule has 2 unspecified atom stereocenters. The van der Waals surface area contributed by atoms with E-state index in [0.717, 1.165) is 38.5 Å². The molecule has 0 saturated carbocycles. The third kappa shape index (κ3) is 29.1. The highest BCUT2D eigenvalue weighted by atomic mass is 16.6. The van der Waals surface area contributed by atoms with Crippen LogP contribution in [0.5, 0.6) is 0 Å². The number of hydrogen-bond acceptors (Lipinski definition) is 6. The second-order valence-corrected chi connectivity index (χ2v) is 13.0. The molecule has 7 heteroatoms. The number of nitrogens with zero attached hydrogens (tertiary/aromatic N) is 1. The third-order valence-corrected chi connectivity index (χ3v) is 8.38. The number of rotatable bonds is 32. The Hall–Kier alpha value is -1.63. The molecule has 0 aromatic rings. The lowest BCUT2D eigenvalue weighted by Gasteiger charge is -2.27. The largest absolute Gasteiger partial charge is 0.462 e. The maximum Gasteiger partial charge on any atom is 0.306 e. The van der Waals surface area contributed by atoms with Crippen LogP contribution in [0, 0.1) is 0 Å². The van der Waals surface area contributed by atoms with Gasteiger partial charge >= 0.3 is 11.9 Å². The van der Waals surface area contributed by atoms with Crippen LogP contribution in [0.1, 0.15) is 188 Å². The Balaban J connectivity index is 4.40. The number of aliphatic hydroxyl groups is 1. The third-order valence-electron chi connectivity index (χ3n) is 8.38. The first kappa shape index (κ1) is 42.4. The lowest BCUT2D eigenvalue weighted by atomic mass is 10.1. The summed E-state index contributed by atoms with van der Waals surface area (Å²) in [5, 5.41) is 9.68. The molecule has 0 fully saturated rings. The highest BCUT2D eigenvalue weighted by Gasteiger charge is 2.22. The van der Waals surface area contributed by atoms with Crippen LogP contribution in [-0.4, -0.2) is 59.8 Å². The summed E-state index contributed by atoms with van der Waals surface area (Å²) in [7, 11) is 0. The fourth-order valence-corrected chi connectivity index (χ4v) is 5.46. The number of hydrogen-bond donors (Lipinski definition) is 1. The van der Waals surface area contributed by atoms with E-state index in [1.54, 1.807) is 11.8 Å². The van der Waals surface area contributed by atoms with Crippen LogP contribution < -0.4 is 0 Å². The van der Waals surface area contributed by atoms with Crippen LogP contribution in [0.3, 0.4) is 0 Å². The van der Waals surface area contributed by atoms with Crippen LogP contribution in [-0.2, 0) is 23.9 Å². The van der Waals surface area contributed by atoms with E-state index in [1.807, 2.05) is 0 Å². The maximum absolute atomic E-state index is 12.7. The fraction of sp³-hybridized carbons (Fsp3) is 0.919. The van der Waals surface area contributed by atoms with E-state index in [9.17, 15) is 19.5 Å². The molecule has 0 bridgehead atoms. The Morgan fingerprint density at radius 3 is 1.39 bits per heavy atom. The van der Waals surface area contributed by atoms with Crippen molar-refractivity contribution < 1.29 is 29.0 Å². The second kappa shape index (κ2) is 31.4. The van der Waals surface area contributed by atoms with Gasteiger partial charge in [-0.25, -0.2) is 0 Å². The lowest BCUT2D eigenvalue weighted by molar-refractivity contribution is -0.161. The molecule has 0 aliphatic carbocycles. The summed E-state index contributed by atoms with van der Waals surface area (Å²) >= 11 is 0. The van der Waals surface area contributed by atoms with E-state index in [4.69, 9.17) is 9.47 Å². The van der Waals surface area contributed by atoms with E-state index < -0.39 is 12.2 Å². The number of ether oxygens (including phenoxy) is 2. The van der Waals surface area contributed by atoms with Crippen LogP contribution in [0.4, 0.5) is 0 Å². The Morgan fingerprint density at radius 1 is 0.614 bits per heavy atom. The fourth-order valence-electron chi connectivity index (χ4n) is 5.46. The van der Waals surface area contributed by atoms with Gasteiger partial charge < -0.3 is 19.5 Å². The van der Waals surface area contributed by atoms with Gasteiger partial charge in [0.25, 0.3) is 0 Å². The number of unbranched alkanes of at least 4 members (excludes halogenated alkanes) is 20. The second-order valence-electron chi connectivity index (χ2n) is 13.0. The van der Waals surface area contributed by atoms with E-state index in [1.165, 1.54) is 110 Å². The van der Waals surface area contributed by atoms with E-state index in [2.05, 4.69) is 13.8 Å². The van der Waals surface area contributed by atoms with E-state index in [0.29, 0.717) is 25.8 Å². The zero-order chi connectivity index (χ0) is 32.7. The number of carbonyl (C=O) groups is 3. The lowest BCUT2D eigenvalue weighted by Crippen LogP contribution is -2.41. The van der Waals surface area contributed by atoms with Gasteiger partial charge in [-0.3, -0.25) is 14.4 Å². The highest BCUT2D eigenvalue weighted by molar-refractivity contribution is 5.73. The van der Waals surface area contributed by atoms with Gasteiger partial charge in [0.2, 0.25) is 5.91 Å². The standard InChI is InChI=1S/C37H71NO6/c1-5-7-9-11-13-15-17-19-21-23-25-27-36(41)43-32-35(31-38(34(4)40)30-29-33(3)39)44-37(42)28-26-24-22-20-18-16-14-12-10-8-6-2/h33,35,39H,5-32H2,1-4H3. The summed E-state index contributed by atoms with van der Waals surface area (Å²) in [6, 6.07) is 0. The highest BCUT2D eigenvalue weighted by Crippen LogP contribution is 2.14. The molecular weight excluding hydrogens is 554 g/mol. The van der Waals surface area contributed by atoms with Crippen molar-refractivity contribution in [3.63, 3.8) is 0 Å². The topological polar surface area (TPSA) is 93.1 Å². The van der Waals surface area contributed by atoms with Gasteiger partial charge in [0.1, 0.15) is 6.61 Å². The Morgan fingerprint density at radius 2 is 1.00 bits per heavy atom. The van der Waals surface area contributed by atoms with Crippen molar-refractivity contribution in [2.75, 3.05) is 19.7 Å². The van der Waals surface area contributed by atoms with Crippen molar-refractivity contribution in [3.8, 4) is 0 Å². The Labute approximate surface area is 271 Å². The van der Waals surface area contributed by atoms with Crippen LogP contribution in [0.25, 0.3) is 0 Å². The molecule has 0 radical (unpaired) electrons. The molecule has 0 saturated heterocycles. The number of esters is 2. The quantitative estimate of drug-likeness (QED) is 0.0591. The molecule has 0 rings (SSSR count). The summed E-state index contributed by atoms with van der Waals surface area (Å²) in [4.78, 5) is 38.9. The first-order chi connectivity index (χ1) is 21.3. The molecule has 7 nitrogen and oxygen atoms in total. The normalized spacial score (nSPS) is 12.6. The Kier molecular flexibility index (Phi) is 30.2. The predicted octanol–water partition coefficient (Wildman–Crippen LogP) is 9.46. The molecule has 0 spiro atoms. The molecule has 0 aliphatic heterocycles. The number of amides is 1. The SMILES string of the molecule is CCCCCCCCCCCCCC(=O)OCC(CN(CCC(C)O)C(C)=O)OC(=O)CCCCCCCCCCCCC. The molecular formula is C37H71NO6. The summed E-state index contributed by atoms with van der Waals surface area (Å²) in [5.41, 5.74) is 0. The maximum atomic E-state index is 12.7. The van der Waals surface area contributed by atoms with Gasteiger partial charge in [0, 0.05) is 26.3 Å². The molecule has 0 aromatic carbocycles. The monoisotopic (exact) mass is 626 g/mol. The summed E-state index contributed by atoms with van der Waals surface area (Å²) in [5.74, 6) is -0.763. The molecule has 260 valence electrons. The van der Waals surface area contributed by atoms with Crippen molar-refractivity contribution >= 4 is 17.8 Å². The van der Waals surface area contributed by atoms with E-state index in [-0.39, 0.29) is 31.0 Å². The number of carbonyl (C=O) groups excluding carboxylic acids is 3. The molecule has 0 heterocycles. The van der Waals surface area contributed by atoms with Gasteiger partial charge in [-0.1, -0.05) is 142 Å². The molecule has 2 atom stereocenters. The summed E-state index contributed by atoms with van der Waals surface area (Å²) < 4.78 is 11.2. The van der Waals surface area contributed by atoms with Gasteiger partial charge in [-0.2, -0.15) is 0 Å². The minimum absolute atomic E-state index is 0.0562. The van der Waals surface area contributed by atoms with Crippen molar-refractivity contribution in [3.05, 3.63) is 0 Å². The minimum Gasteiger partial charge on any atom is -0.462 e.